The molecule has 1 N–H and O–H groups in total. The zero-order valence-corrected chi connectivity index (χ0v) is 16.6. The van der Waals surface area contributed by atoms with Crippen molar-refractivity contribution in [1.82, 2.24) is 10.2 Å². The molecule has 5 nitrogen and oxygen atoms in total. The first-order chi connectivity index (χ1) is 13.8. The van der Waals surface area contributed by atoms with Crippen LogP contribution in [0.2, 0.25) is 0 Å². The number of ether oxygens (including phenoxy) is 2. The van der Waals surface area contributed by atoms with Gasteiger partial charge in [-0.1, -0.05) is 48.5 Å². The quantitative estimate of drug-likeness (QED) is 0.725. The van der Waals surface area contributed by atoms with Gasteiger partial charge in [0.1, 0.15) is 5.75 Å². The van der Waals surface area contributed by atoms with E-state index in [4.69, 9.17) is 9.47 Å². The lowest BCUT2D eigenvalue weighted by atomic mass is 10.0. The standard InChI is InChI=1S/C23H30N2O3/c1-27-22-10-6-5-9-20(22)11-12-23(26)24-18-21(25-13-15-28-16-14-25)17-19-7-3-2-4-8-19/h2-10,21H,11-18H2,1H3,(H,24,26). The SMILES string of the molecule is COc1ccccc1CCC(=O)NCC(Cc1ccccc1)N1CCOCC1. The Balaban J connectivity index is 1.53. The van der Waals surface area contributed by atoms with Crippen LogP contribution in [0.15, 0.2) is 54.6 Å². The Hall–Kier alpha value is -2.37. The number of morpholine rings is 1. The molecule has 3 rings (SSSR count). The van der Waals surface area contributed by atoms with E-state index in [1.165, 1.54) is 5.56 Å². The molecule has 1 aliphatic rings. The lowest BCUT2D eigenvalue weighted by Gasteiger charge is -2.34. The summed E-state index contributed by atoms with van der Waals surface area (Å²) in [6, 6.07) is 18.6. The van der Waals surface area contributed by atoms with Crippen molar-refractivity contribution in [3.8, 4) is 5.75 Å². The Morgan fingerprint density at radius 3 is 2.57 bits per heavy atom. The van der Waals surface area contributed by atoms with E-state index in [0.717, 1.165) is 44.0 Å². The first kappa shape index (κ1) is 20.4. The molecule has 2 aromatic carbocycles. The van der Waals surface area contributed by atoms with Gasteiger partial charge in [0.25, 0.3) is 0 Å². The minimum Gasteiger partial charge on any atom is -0.496 e. The van der Waals surface area contributed by atoms with E-state index < -0.39 is 0 Å². The zero-order chi connectivity index (χ0) is 19.6. The predicted molar refractivity (Wildman–Crippen MR) is 111 cm³/mol. The molecule has 1 atom stereocenters. The fraction of sp³-hybridized carbons (Fsp3) is 0.435. The van der Waals surface area contributed by atoms with Crippen molar-refractivity contribution < 1.29 is 14.3 Å². The van der Waals surface area contributed by atoms with Gasteiger partial charge in [-0.05, 0) is 30.0 Å². The van der Waals surface area contributed by atoms with E-state index in [-0.39, 0.29) is 11.9 Å². The van der Waals surface area contributed by atoms with Crippen molar-refractivity contribution >= 4 is 5.91 Å². The highest BCUT2D eigenvalue weighted by atomic mass is 16.5. The lowest BCUT2D eigenvalue weighted by Crippen LogP contribution is -2.49. The van der Waals surface area contributed by atoms with Crippen LogP contribution >= 0.6 is 0 Å². The first-order valence-corrected chi connectivity index (χ1v) is 10.0. The maximum absolute atomic E-state index is 12.5. The number of methoxy groups -OCH3 is 1. The average molecular weight is 383 g/mol. The number of amides is 1. The van der Waals surface area contributed by atoms with Crippen molar-refractivity contribution in [1.29, 1.82) is 0 Å². The van der Waals surface area contributed by atoms with Gasteiger partial charge >= 0.3 is 0 Å². The molecular weight excluding hydrogens is 352 g/mol. The molecule has 28 heavy (non-hydrogen) atoms. The second-order valence-corrected chi connectivity index (χ2v) is 7.11. The van der Waals surface area contributed by atoms with Crippen molar-refractivity contribution in [3.63, 3.8) is 0 Å². The highest BCUT2D eigenvalue weighted by Crippen LogP contribution is 2.18. The van der Waals surface area contributed by atoms with E-state index in [2.05, 4.69) is 34.5 Å². The van der Waals surface area contributed by atoms with Crippen molar-refractivity contribution in [2.45, 2.75) is 25.3 Å². The number of nitrogens with zero attached hydrogens (tertiary/aromatic N) is 1. The summed E-state index contributed by atoms with van der Waals surface area (Å²) in [4.78, 5) is 14.9. The van der Waals surface area contributed by atoms with Crippen LogP contribution < -0.4 is 10.1 Å². The largest absolute Gasteiger partial charge is 0.496 e. The van der Waals surface area contributed by atoms with Crippen molar-refractivity contribution in [2.75, 3.05) is 40.0 Å². The molecule has 150 valence electrons. The van der Waals surface area contributed by atoms with Gasteiger partial charge in [-0.15, -0.1) is 0 Å². The summed E-state index contributed by atoms with van der Waals surface area (Å²) >= 11 is 0. The van der Waals surface area contributed by atoms with Crippen molar-refractivity contribution in [2.24, 2.45) is 0 Å². The molecule has 0 radical (unpaired) electrons. The molecule has 0 saturated carbocycles. The number of hydrogen-bond donors (Lipinski definition) is 1. The number of hydrogen-bond acceptors (Lipinski definition) is 4. The number of aryl methyl sites for hydroxylation is 1. The number of para-hydroxylation sites is 1. The molecule has 1 saturated heterocycles. The van der Waals surface area contributed by atoms with Gasteiger partial charge in [0, 0.05) is 32.1 Å². The molecule has 1 fully saturated rings. The molecule has 5 heteroatoms. The Bertz CT molecular complexity index is 730. The monoisotopic (exact) mass is 382 g/mol. The Morgan fingerprint density at radius 1 is 1.11 bits per heavy atom. The minimum absolute atomic E-state index is 0.0808. The smallest absolute Gasteiger partial charge is 0.220 e. The van der Waals surface area contributed by atoms with E-state index in [1.54, 1.807) is 7.11 Å². The van der Waals surface area contributed by atoms with Crippen molar-refractivity contribution in [3.05, 3.63) is 65.7 Å². The fourth-order valence-corrected chi connectivity index (χ4v) is 3.64. The maximum atomic E-state index is 12.5. The van der Waals surface area contributed by atoms with Crippen LogP contribution in [0.25, 0.3) is 0 Å². The fourth-order valence-electron chi connectivity index (χ4n) is 3.64. The summed E-state index contributed by atoms with van der Waals surface area (Å²) in [5.74, 6) is 0.919. The number of carbonyl (C=O) groups excluding carboxylic acids is 1. The lowest BCUT2D eigenvalue weighted by molar-refractivity contribution is -0.121. The highest BCUT2D eigenvalue weighted by Gasteiger charge is 2.22. The third-order valence-electron chi connectivity index (χ3n) is 5.23. The molecule has 0 spiro atoms. The van der Waals surface area contributed by atoms with E-state index in [9.17, 15) is 4.79 Å². The summed E-state index contributed by atoms with van der Waals surface area (Å²) < 4.78 is 10.9. The Kier molecular flexibility index (Phi) is 7.88. The first-order valence-electron chi connectivity index (χ1n) is 10.0. The van der Waals surface area contributed by atoms with Crippen LogP contribution in [0, 0.1) is 0 Å². The zero-order valence-electron chi connectivity index (χ0n) is 16.6. The summed E-state index contributed by atoms with van der Waals surface area (Å²) in [6.45, 7) is 3.99. The maximum Gasteiger partial charge on any atom is 0.220 e. The second kappa shape index (κ2) is 10.8. The third kappa shape index (κ3) is 6.08. The normalized spacial score (nSPS) is 15.8. The van der Waals surface area contributed by atoms with Gasteiger partial charge in [0.05, 0.1) is 20.3 Å². The number of rotatable bonds is 9. The molecular formula is C23H30N2O3. The topological polar surface area (TPSA) is 50.8 Å². The number of nitrogens with one attached hydrogen (secondary N) is 1. The van der Waals surface area contributed by atoms with Gasteiger partial charge in [-0.3, -0.25) is 9.69 Å². The molecule has 0 aliphatic carbocycles. The molecule has 1 unspecified atom stereocenters. The van der Waals surface area contributed by atoms with Gasteiger partial charge in [0.15, 0.2) is 0 Å². The van der Waals surface area contributed by atoms with Crippen LogP contribution in [-0.4, -0.2) is 56.8 Å². The molecule has 2 aromatic rings. The number of benzene rings is 2. The molecule has 0 aromatic heterocycles. The summed E-state index contributed by atoms with van der Waals surface area (Å²) in [5.41, 5.74) is 2.36. The van der Waals surface area contributed by atoms with Crippen LogP contribution in [0.5, 0.6) is 5.75 Å². The molecule has 1 heterocycles. The molecule has 0 bridgehead atoms. The minimum atomic E-state index is 0.0808. The second-order valence-electron chi connectivity index (χ2n) is 7.11. The van der Waals surface area contributed by atoms with Crippen LogP contribution in [0.1, 0.15) is 17.5 Å². The van der Waals surface area contributed by atoms with Gasteiger partial charge < -0.3 is 14.8 Å². The van der Waals surface area contributed by atoms with Crippen LogP contribution in [0.3, 0.4) is 0 Å². The van der Waals surface area contributed by atoms with Crippen LogP contribution in [0.4, 0.5) is 0 Å². The van der Waals surface area contributed by atoms with Crippen LogP contribution in [-0.2, 0) is 22.4 Å². The van der Waals surface area contributed by atoms with Gasteiger partial charge in [0.2, 0.25) is 5.91 Å². The van der Waals surface area contributed by atoms with E-state index >= 15 is 0 Å². The van der Waals surface area contributed by atoms with Gasteiger partial charge in [-0.25, -0.2) is 0 Å². The Morgan fingerprint density at radius 2 is 1.82 bits per heavy atom. The molecule has 1 amide bonds. The average Bonchev–Trinajstić information content (AvgIpc) is 2.76. The number of carbonyl (C=O) groups is 1. The molecule has 1 aliphatic heterocycles. The third-order valence-corrected chi connectivity index (χ3v) is 5.23. The highest BCUT2D eigenvalue weighted by molar-refractivity contribution is 5.76. The van der Waals surface area contributed by atoms with E-state index in [0.29, 0.717) is 19.4 Å². The summed E-state index contributed by atoms with van der Waals surface area (Å²) in [6.07, 6.45) is 2.06. The van der Waals surface area contributed by atoms with E-state index in [1.807, 2.05) is 30.3 Å². The summed E-state index contributed by atoms with van der Waals surface area (Å²) in [7, 11) is 1.66. The Labute approximate surface area is 167 Å². The summed E-state index contributed by atoms with van der Waals surface area (Å²) in [5, 5.41) is 3.15. The predicted octanol–water partition coefficient (Wildman–Crippen LogP) is 2.69. The van der Waals surface area contributed by atoms with Gasteiger partial charge in [-0.2, -0.15) is 0 Å².